The van der Waals surface area contributed by atoms with Crippen LogP contribution in [0.15, 0.2) is 71.9 Å². The third-order valence-electron chi connectivity index (χ3n) is 5.72. The van der Waals surface area contributed by atoms with Gasteiger partial charge in [-0.15, -0.1) is 0 Å². The van der Waals surface area contributed by atoms with Gasteiger partial charge in [0.05, 0.1) is 12.5 Å². The molecule has 0 radical (unpaired) electrons. The Labute approximate surface area is 219 Å². The van der Waals surface area contributed by atoms with Crippen molar-refractivity contribution in [1.29, 1.82) is 0 Å². The topological polar surface area (TPSA) is 81.0 Å². The second-order valence-corrected chi connectivity index (χ2v) is 10.7. The molecule has 0 aliphatic carbocycles. The summed E-state index contributed by atoms with van der Waals surface area (Å²) in [6.07, 6.45) is 20.0. The summed E-state index contributed by atoms with van der Waals surface area (Å²) in [5.41, 5.74) is 1.80. The molecule has 0 aromatic rings. The van der Waals surface area contributed by atoms with E-state index in [2.05, 4.69) is 47.7 Å². The summed E-state index contributed by atoms with van der Waals surface area (Å²) in [6.45, 7) is 5.95. The molecule has 1 rings (SSSR count). The SMILES string of the molecule is CCC/C=C/CC1CC(I)C/C=C(C)/C=C/C=C\C(O)C(O)/C=C(C)\C=C\C(O)CC(=O)N1C. The number of carbonyl (C=O) groups is 1. The Hall–Kier alpha value is -1.48. The molecule has 6 heteroatoms. The van der Waals surface area contributed by atoms with E-state index in [0.29, 0.717) is 9.50 Å². The van der Waals surface area contributed by atoms with Crippen LogP contribution in [-0.2, 0) is 4.79 Å². The van der Waals surface area contributed by atoms with Gasteiger partial charge < -0.3 is 20.2 Å². The first kappa shape index (κ1) is 30.6. The minimum absolute atomic E-state index is 0.000904. The van der Waals surface area contributed by atoms with Gasteiger partial charge in [0.1, 0.15) is 12.2 Å². The Morgan fingerprint density at radius 2 is 1.79 bits per heavy atom. The van der Waals surface area contributed by atoms with Crippen molar-refractivity contribution in [3.05, 3.63) is 71.9 Å². The molecular weight excluding hydrogens is 541 g/mol. The molecule has 0 saturated carbocycles. The number of halogens is 1. The van der Waals surface area contributed by atoms with Gasteiger partial charge in [0, 0.05) is 17.0 Å². The number of hydrogen-bond acceptors (Lipinski definition) is 4. The van der Waals surface area contributed by atoms with Crippen LogP contribution in [-0.4, -0.2) is 61.5 Å². The highest BCUT2D eigenvalue weighted by Crippen LogP contribution is 2.21. The number of alkyl halides is 1. The van der Waals surface area contributed by atoms with E-state index < -0.39 is 18.3 Å². The number of unbranched alkanes of at least 4 members (excludes halogenated alkanes) is 1. The third kappa shape index (κ3) is 12.8. The summed E-state index contributed by atoms with van der Waals surface area (Å²) in [5.74, 6) is -0.0964. The second-order valence-electron chi connectivity index (χ2n) is 8.94. The first-order valence-corrected chi connectivity index (χ1v) is 13.4. The molecule has 1 amide bonds. The number of aliphatic hydroxyl groups is 3. The molecule has 5 atom stereocenters. The van der Waals surface area contributed by atoms with Gasteiger partial charge in [-0.2, -0.15) is 0 Å². The molecule has 34 heavy (non-hydrogen) atoms. The predicted octanol–water partition coefficient (Wildman–Crippen LogP) is 5.19. The van der Waals surface area contributed by atoms with E-state index in [4.69, 9.17) is 0 Å². The number of nitrogens with zero attached hydrogens (tertiary/aromatic N) is 1. The van der Waals surface area contributed by atoms with Gasteiger partial charge >= 0.3 is 0 Å². The van der Waals surface area contributed by atoms with E-state index in [-0.39, 0.29) is 18.4 Å². The zero-order valence-corrected chi connectivity index (χ0v) is 23.1. The van der Waals surface area contributed by atoms with E-state index in [9.17, 15) is 20.1 Å². The van der Waals surface area contributed by atoms with Gasteiger partial charge in [0.15, 0.2) is 0 Å². The van der Waals surface area contributed by atoms with Gasteiger partial charge in [0.25, 0.3) is 0 Å². The summed E-state index contributed by atoms with van der Waals surface area (Å²) in [4.78, 5) is 14.7. The van der Waals surface area contributed by atoms with E-state index in [1.807, 2.05) is 26.1 Å². The quantitative estimate of drug-likeness (QED) is 0.242. The van der Waals surface area contributed by atoms with Gasteiger partial charge in [-0.05, 0) is 39.5 Å². The van der Waals surface area contributed by atoms with Gasteiger partial charge in [-0.3, -0.25) is 4.79 Å². The Kier molecular flexibility index (Phi) is 15.3. The number of carbonyl (C=O) groups excluding carboxylic acids is 1. The fourth-order valence-electron chi connectivity index (χ4n) is 3.50. The normalized spacial score (nSPS) is 34.6. The average molecular weight is 584 g/mol. The first-order valence-electron chi connectivity index (χ1n) is 12.1. The lowest BCUT2D eigenvalue weighted by Crippen LogP contribution is -2.39. The highest BCUT2D eigenvalue weighted by Gasteiger charge is 2.23. The molecule has 5 unspecified atom stereocenters. The van der Waals surface area contributed by atoms with Crippen LogP contribution in [0.4, 0.5) is 0 Å². The molecule has 5 nitrogen and oxygen atoms in total. The number of aliphatic hydroxyl groups excluding tert-OH is 3. The van der Waals surface area contributed by atoms with Crippen LogP contribution in [0.5, 0.6) is 0 Å². The van der Waals surface area contributed by atoms with Gasteiger partial charge in [-0.1, -0.05) is 108 Å². The molecule has 0 bridgehead atoms. The van der Waals surface area contributed by atoms with Crippen LogP contribution in [0, 0.1) is 0 Å². The van der Waals surface area contributed by atoms with Crippen LogP contribution in [0.1, 0.15) is 59.3 Å². The molecule has 0 spiro atoms. The summed E-state index contributed by atoms with van der Waals surface area (Å²) >= 11 is 2.45. The fourth-order valence-corrected chi connectivity index (χ4v) is 4.34. The second kappa shape index (κ2) is 17.0. The van der Waals surface area contributed by atoms with Crippen molar-refractivity contribution in [3.8, 4) is 0 Å². The van der Waals surface area contributed by atoms with Crippen LogP contribution >= 0.6 is 22.6 Å². The maximum atomic E-state index is 12.9. The molecule has 1 heterocycles. The number of amides is 1. The van der Waals surface area contributed by atoms with Crippen LogP contribution < -0.4 is 0 Å². The Bertz CT molecular complexity index is 796. The Morgan fingerprint density at radius 1 is 1.06 bits per heavy atom. The molecule has 0 aromatic heterocycles. The van der Waals surface area contributed by atoms with Crippen molar-refractivity contribution in [1.82, 2.24) is 4.90 Å². The maximum absolute atomic E-state index is 12.9. The number of hydrogen-bond donors (Lipinski definition) is 3. The first-order chi connectivity index (χ1) is 16.1. The Balaban J connectivity index is 3.14. The van der Waals surface area contributed by atoms with E-state index in [1.165, 1.54) is 6.08 Å². The van der Waals surface area contributed by atoms with Crippen molar-refractivity contribution in [2.75, 3.05) is 7.05 Å². The molecule has 0 aromatic carbocycles. The zero-order chi connectivity index (χ0) is 25.5. The van der Waals surface area contributed by atoms with Crippen LogP contribution in [0.25, 0.3) is 0 Å². The molecule has 0 saturated heterocycles. The molecular formula is C28H42INO4. The van der Waals surface area contributed by atoms with Crippen molar-refractivity contribution < 1.29 is 20.1 Å². The summed E-state index contributed by atoms with van der Waals surface area (Å²) in [6, 6.07) is 0.0646. The molecule has 3 N–H and O–H groups in total. The predicted molar refractivity (Wildman–Crippen MR) is 150 cm³/mol. The smallest absolute Gasteiger partial charge is 0.225 e. The summed E-state index contributed by atoms with van der Waals surface area (Å²) in [7, 11) is 1.82. The summed E-state index contributed by atoms with van der Waals surface area (Å²) < 4.78 is 0.358. The van der Waals surface area contributed by atoms with Crippen molar-refractivity contribution in [3.63, 3.8) is 0 Å². The standard InChI is InChI=1S/C28H42INO4/c1-5-6-7-8-12-24-19-23(29)16-14-21(2)11-9-10-13-26(32)27(33)18-22(3)15-17-25(31)20-28(34)30(24)4/h7-11,13-15,17-18,23-27,31-33H,5-6,12,16,19-20H2,1-4H3/b8-7+,11-9+,13-10-,17-15+,21-14+,22-18-. The largest absolute Gasteiger partial charge is 0.388 e. The van der Waals surface area contributed by atoms with Crippen LogP contribution in [0.3, 0.4) is 0 Å². The highest BCUT2D eigenvalue weighted by molar-refractivity contribution is 14.1. The number of rotatable bonds is 4. The lowest BCUT2D eigenvalue weighted by atomic mass is 10.0. The fraction of sp³-hybridized carbons (Fsp3) is 0.536. The molecule has 1 aliphatic heterocycles. The Morgan fingerprint density at radius 3 is 2.50 bits per heavy atom. The van der Waals surface area contributed by atoms with Crippen molar-refractivity contribution in [2.24, 2.45) is 0 Å². The minimum atomic E-state index is -1.07. The average Bonchev–Trinajstić information content (AvgIpc) is 2.79. The summed E-state index contributed by atoms with van der Waals surface area (Å²) in [5, 5.41) is 30.7. The van der Waals surface area contributed by atoms with E-state index in [1.54, 1.807) is 36.1 Å². The van der Waals surface area contributed by atoms with Crippen LogP contribution in [0.2, 0.25) is 0 Å². The minimum Gasteiger partial charge on any atom is -0.388 e. The van der Waals surface area contributed by atoms with Crippen molar-refractivity contribution >= 4 is 28.5 Å². The zero-order valence-electron chi connectivity index (χ0n) is 21.0. The lowest BCUT2D eigenvalue weighted by Gasteiger charge is -2.30. The van der Waals surface area contributed by atoms with Gasteiger partial charge in [-0.25, -0.2) is 0 Å². The number of allylic oxidation sites excluding steroid dienone is 8. The lowest BCUT2D eigenvalue weighted by molar-refractivity contribution is -0.133. The maximum Gasteiger partial charge on any atom is 0.225 e. The van der Waals surface area contributed by atoms with Gasteiger partial charge in [0.2, 0.25) is 5.91 Å². The monoisotopic (exact) mass is 583 g/mol. The third-order valence-corrected chi connectivity index (χ3v) is 6.74. The highest BCUT2D eigenvalue weighted by atomic mass is 127. The van der Waals surface area contributed by atoms with E-state index >= 15 is 0 Å². The molecule has 190 valence electrons. The van der Waals surface area contributed by atoms with Crippen molar-refractivity contribution in [2.45, 2.75) is 87.6 Å². The van der Waals surface area contributed by atoms with E-state index in [0.717, 1.165) is 37.7 Å². The molecule has 1 aliphatic rings. The molecule has 0 fully saturated rings.